The third-order valence-corrected chi connectivity index (χ3v) is 0.329. The molecule has 0 aromatic heterocycles. The molecule has 0 heterocycles. The Labute approximate surface area is 74.2 Å². The molecule has 0 unspecified atom stereocenters. The van der Waals surface area contributed by atoms with Crippen molar-refractivity contribution in [2.75, 3.05) is 4.93 Å². The topological polar surface area (TPSA) is 0 Å². The maximum Gasteiger partial charge on any atom is -0.0121 e. The highest BCUT2D eigenvalue weighted by Gasteiger charge is 1.42. The van der Waals surface area contributed by atoms with Gasteiger partial charge in [0.2, 0.25) is 0 Å². The molecule has 0 amide bonds. The second-order valence-corrected chi connectivity index (χ2v) is 0.761. The van der Waals surface area contributed by atoms with Crippen LogP contribution in [0.4, 0.5) is 0 Å². The maximum atomic E-state index is 3.46. The van der Waals surface area contributed by atoms with Crippen molar-refractivity contribution in [2.45, 2.75) is 21.8 Å². The third-order valence-electron chi connectivity index (χ3n) is 0.329. The summed E-state index contributed by atoms with van der Waals surface area (Å²) in [5, 5.41) is 0. The van der Waals surface area contributed by atoms with Crippen molar-refractivity contribution in [3.63, 3.8) is 0 Å². The summed E-state index contributed by atoms with van der Waals surface area (Å²) in [6, 6.07) is 0. The average Bonchev–Trinajstić information content (AvgIpc) is 1.75. The van der Waals surface area contributed by atoms with Gasteiger partial charge in [0.15, 0.2) is 0 Å². The highest BCUT2D eigenvalue weighted by atomic mass is 127. The Hall–Kier alpha value is 0.210. The molecule has 0 bridgehead atoms. The minimum absolute atomic E-state index is 0. The molecule has 1 heteroatoms. The summed E-state index contributed by atoms with van der Waals surface area (Å²) >= 11 is 2.15. The Morgan fingerprint density at radius 1 is 1.22 bits per heavy atom. The first-order valence-electron chi connectivity index (χ1n) is 2.03. The monoisotopic (exact) mass is 242 g/mol. The van der Waals surface area contributed by atoms with Gasteiger partial charge in [-0.1, -0.05) is 62.3 Å². The number of hydrogen-bond acceptors (Lipinski definition) is 0. The molecule has 0 aromatic carbocycles. The van der Waals surface area contributed by atoms with Gasteiger partial charge >= 0.3 is 0 Å². The minimum Gasteiger partial charge on any atom is -0.0991 e. The molecule has 0 aliphatic rings. The van der Waals surface area contributed by atoms with Crippen LogP contribution in [0.3, 0.4) is 0 Å². The molecule has 0 nitrogen and oxygen atoms in total. The van der Waals surface area contributed by atoms with Gasteiger partial charge in [-0.15, -0.1) is 0 Å². The van der Waals surface area contributed by atoms with Crippen LogP contribution in [-0.4, -0.2) is 4.93 Å². The summed E-state index contributed by atoms with van der Waals surface area (Å²) in [7, 11) is 0. The molecule has 0 saturated heterocycles. The summed E-state index contributed by atoms with van der Waals surface area (Å²) in [5.41, 5.74) is 0. The van der Waals surface area contributed by atoms with E-state index in [2.05, 4.69) is 29.2 Å². The van der Waals surface area contributed by atoms with Gasteiger partial charge in [-0.05, 0) is 11.9 Å². The summed E-state index contributed by atoms with van der Waals surface area (Å²) in [4.78, 5) is 1.97. The highest BCUT2D eigenvalue weighted by Crippen LogP contribution is 1.64. The molecule has 0 atom stereocenters. The van der Waals surface area contributed by atoms with Gasteiger partial charge < -0.3 is 0 Å². The lowest BCUT2D eigenvalue weighted by Gasteiger charge is -1.56. The SMILES string of the molecule is C.C.C=CC=CC.CI. The summed E-state index contributed by atoms with van der Waals surface area (Å²) in [6.07, 6.45) is 5.58. The molecule has 0 aromatic rings. The Morgan fingerprint density at radius 2 is 1.56 bits per heavy atom. The van der Waals surface area contributed by atoms with E-state index in [0.717, 1.165) is 0 Å². The fraction of sp³-hybridized carbons (Fsp3) is 0.500. The van der Waals surface area contributed by atoms with Gasteiger partial charge in [0.05, 0.1) is 0 Å². The molecule has 0 radical (unpaired) electrons. The van der Waals surface area contributed by atoms with Crippen LogP contribution < -0.4 is 0 Å². The largest absolute Gasteiger partial charge is 0.0991 e. The van der Waals surface area contributed by atoms with E-state index in [0.29, 0.717) is 0 Å². The number of rotatable bonds is 1. The highest BCUT2D eigenvalue weighted by molar-refractivity contribution is 14.1. The second kappa shape index (κ2) is 41.4. The molecule has 0 saturated carbocycles. The molecule has 0 rings (SSSR count). The van der Waals surface area contributed by atoms with Crippen LogP contribution >= 0.6 is 22.6 Å². The van der Waals surface area contributed by atoms with Crippen LogP contribution in [0.15, 0.2) is 24.8 Å². The van der Waals surface area contributed by atoms with Gasteiger partial charge in [-0.25, -0.2) is 0 Å². The zero-order valence-corrected chi connectivity index (χ0v) is 6.97. The van der Waals surface area contributed by atoms with Crippen molar-refractivity contribution >= 4 is 22.6 Å². The summed E-state index contributed by atoms with van der Waals surface area (Å²) in [6.45, 7) is 5.42. The lowest BCUT2D eigenvalue weighted by molar-refractivity contribution is 1.74. The first-order chi connectivity index (χ1) is 3.41. The van der Waals surface area contributed by atoms with Crippen LogP contribution in [0, 0.1) is 0 Å². The summed E-state index contributed by atoms with van der Waals surface area (Å²) in [5.74, 6) is 0. The predicted octanol–water partition coefficient (Wildman–Crippen LogP) is 4.07. The third kappa shape index (κ3) is 64.8. The number of allylic oxidation sites excluding steroid dienone is 3. The normalized spacial score (nSPS) is 5.67. The van der Waals surface area contributed by atoms with Crippen molar-refractivity contribution in [2.24, 2.45) is 0 Å². The van der Waals surface area contributed by atoms with Crippen molar-refractivity contribution < 1.29 is 0 Å². The van der Waals surface area contributed by atoms with Crippen molar-refractivity contribution in [3.05, 3.63) is 24.8 Å². The van der Waals surface area contributed by atoms with Gasteiger partial charge in [0, 0.05) is 0 Å². The molecular weight excluding hydrogens is 223 g/mol. The predicted molar refractivity (Wildman–Crippen MR) is 58.4 cm³/mol. The number of hydrogen-bond donors (Lipinski definition) is 0. The lowest BCUT2D eigenvalue weighted by Crippen LogP contribution is -1.33. The Morgan fingerprint density at radius 3 is 1.56 bits per heavy atom. The Kier molecular flexibility index (Phi) is 105. The Bertz CT molecular complexity index is 46.5. The molecule has 0 fully saturated rings. The quantitative estimate of drug-likeness (QED) is 0.369. The average molecular weight is 242 g/mol. The zero-order valence-electron chi connectivity index (χ0n) is 4.82. The van der Waals surface area contributed by atoms with E-state index in [-0.39, 0.29) is 14.9 Å². The van der Waals surface area contributed by atoms with Crippen LogP contribution in [0.2, 0.25) is 0 Å². The molecule has 0 N–H and O–H groups in total. The maximum absolute atomic E-state index is 3.46. The van der Waals surface area contributed by atoms with E-state index < -0.39 is 0 Å². The van der Waals surface area contributed by atoms with E-state index in [4.69, 9.17) is 0 Å². The van der Waals surface area contributed by atoms with Gasteiger partial charge in [0.1, 0.15) is 0 Å². The molecule has 0 aliphatic carbocycles. The van der Waals surface area contributed by atoms with Crippen LogP contribution in [0.25, 0.3) is 0 Å². The summed E-state index contributed by atoms with van der Waals surface area (Å²) < 4.78 is 0. The standard InChI is InChI=1S/C5H8.CH3I.2CH4/c1-3-5-4-2;1-2;;/h3-5H,1H2,2H3;1H3;2*1H4. The van der Waals surface area contributed by atoms with Crippen molar-refractivity contribution in [1.29, 1.82) is 0 Å². The van der Waals surface area contributed by atoms with Crippen LogP contribution in [0.5, 0.6) is 0 Å². The van der Waals surface area contributed by atoms with E-state index in [9.17, 15) is 0 Å². The molecular formula is C8H19I. The van der Waals surface area contributed by atoms with E-state index >= 15 is 0 Å². The van der Waals surface area contributed by atoms with Crippen molar-refractivity contribution in [3.8, 4) is 0 Å². The van der Waals surface area contributed by atoms with Gasteiger partial charge in [-0.2, -0.15) is 0 Å². The van der Waals surface area contributed by atoms with Gasteiger partial charge in [0.25, 0.3) is 0 Å². The molecule has 58 valence electrons. The van der Waals surface area contributed by atoms with Crippen molar-refractivity contribution in [1.82, 2.24) is 0 Å². The van der Waals surface area contributed by atoms with Gasteiger partial charge in [-0.3, -0.25) is 0 Å². The van der Waals surface area contributed by atoms with E-state index in [1.165, 1.54) is 0 Å². The second-order valence-electron chi connectivity index (χ2n) is 0.761. The van der Waals surface area contributed by atoms with E-state index in [1.54, 1.807) is 6.08 Å². The lowest BCUT2D eigenvalue weighted by atomic mass is 10.5. The minimum atomic E-state index is 0. The zero-order chi connectivity index (χ0) is 6.12. The fourth-order valence-electron chi connectivity index (χ4n) is 0.136. The molecule has 0 aliphatic heterocycles. The molecule has 9 heavy (non-hydrogen) atoms. The number of alkyl halides is 1. The van der Waals surface area contributed by atoms with Crippen LogP contribution in [0.1, 0.15) is 21.8 Å². The Balaban J connectivity index is -0.0000000286. The fourth-order valence-corrected chi connectivity index (χ4v) is 0.136. The first-order valence-corrected chi connectivity index (χ1v) is 4.19. The smallest absolute Gasteiger partial charge is 0.0121 e. The first kappa shape index (κ1) is 22.9. The molecule has 0 spiro atoms. The van der Waals surface area contributed by atoms with E-state index in [1.807, 2.05) is 24.0 Å². The van der Waals surface area contributed by atoms with Crippen LogP contribution in [-0.2, 0) is 0 Å². The number of halogens is 1.